The summed E-state index contributed by atoms with van der Waals surface area (Å²) in [5.74, 6) is 0.186. The van der Waals surface area contributed by atoms with E-state index < -0.39 is 97.5 Å². The highest BCUT2D eigenvalue weighted by Gasteiger charge is 2.30. The van der Waals surface area contributed by atoms with E-state index in [4.69, 9.17) is 37.0 Å². The van der Waals surface area contributed by atoms with Gasteiger partial charge in [0, 0.05) is 25.7 Å². The van der Waals surface area contributed by atoms with Crippen molar-refractivity contribution in [1.29, 1.82) is 0 Å². The Hall–Kier alpha value is -1.94. The maximum Gasteiger partial charge on any atom is 0.472 e. The lowest BCUT2D eigenvalue weighted by Gasteiger charge is -2.21. The minimum Gasteiger partial charge on any atom is -0.462 e. The fourth-order valence-corrected chi connectivity index (χ4v) is 12.8. The second kappa shape index (κ2) is 64.7. The highest BCUT2D eigenvalue weighted by molar-refractivity contribution is 7.47. The van der Waals surface area contributed by atoms with E-state index in [-0.39, 0.29) is 25.7 Å². The number of ether oxygens (including phenoxy) is 4. The molecule has 0 aromatic carbocycles. The Labute approximate surface area is 568 Å². The molecule has 0 radical (unpaired) electrons. The number of hydrogen-bond donors (Lipinski definition) is 3. The largest absolute Gasteiger partial charge is 0.472 e. The van der Waals surface area contributed by atoms with Gasteiger partial charge in [-0.3, -0.25) is 37.3 Å². The van der Waals surface area contributed by atoms with Crippen molar-refractivity contribution < 1.29 is 80.2 Å². The van der Waals surface area contributed by atoms with Crippen LogP contribution < -0.4 is 0 Å². The first-order chi connectivity index (χ1) is 44.7. The molecule has 5 atom stereocenters. The number of phosphoric ester groups is 2. The number of rotatable bonds is 72. The Morgan fingerprint density at radius 2 is 0.495 bits per heavy atom. The fraction of sp³-hybridized carbons (Fsp3) is 0.946. The number of hydrogen-bond acceptors (Lipinski definition) is 15. The predicted molar refractivity (Wildman–Crippen MR) is 377 cm³/mol. The Kier molecular flexibility index (Phi) is 63.4. The van der Waals surface area contributed by atoms with E-state index >= 15 is 0 Å². The van der Waals surface area contributed by atoms with E-state index in [0.29, 0.717) is 25.7 Å². The van der Waals surface area contributed by atoms with Gasteiger partial charge in [0.25, 0.3) is 0 Å². The Morgan fingerprint density at radius 3 is 0.731 bits per heavy atom. The van der Waals surface area contributed by atoms with Crippen LogP contribution in [0.2, 0.25) is 0 Å². The van der Waals surface area contributed by atoms with Crippen molar-refractivity contribution >= 4 is 39.5 Å². The summed E-state index contributed by atoms with van der Waals surface area (Å²) in [6.07, 6.45) is 49.9. The van der Waals surface area contributed by atoms with Gasteiger partial charge in [0.15, 0.2) is 12.2 Å². The van der Waals surface area contributed by atoms with Gasteiger partial charge in [-0.25, -0.2) is 9.13 Å². The molecule has 17 nitrogen and oxygen atoms in total. The van der Waals surface area contributed by atoms with Crippen molar-refractivity contribution in [3.63, 3.8) is 0 Å². The van der Waals surface area contributed by atoms with Crippen molar-refractivity contribution in [1.82, 2.24) is 0 Å². The van der Waals surface area contributed by atoms with E-state index in [0.717, 1.165) is 108 Å². The number of aliphatic hydroxyl groups excluding tert-OH is 1. The Balaban J connectivity index is 5.25. The van der Waals surface area contributed by atoms with Crippen molar-refractivity contribution in [3.05, 3.63) is 0 Å². The molecule has 2 unspecified atom stereocenters. The molecule has 552 valence electrons. The minimum absolute atomic E-state index is 0.106. The van der Waals surface area contributed by atoms with E-state index in [9.17, 15) is 43.2 Å². The third-order valence-electron chi connectivity index (χ3n) is 17.1. The lowest BCUT2D eigenvalue weighted by atomic mass is 10.0. The number of phosphoric acid groups is 2. The van der Waals surface area contributed by atoms with Crippen LogP contribution in [0, 0.1) is 17.8 Å². The zero-order chi connectivity index (χ0) is 68.7. The molecular weight excluding hydrogens is 1220 g/mol. The minimum atomic E-state index is -4.96. The number of aliphatic hydroxyl groups is 1. The maximum absolute atomic E-state index is 13.1. The van der Waals surface area contributed by atoms with Crippen LogP contribution in [0.4, 0.5) is 0 Å². The summed E-state index contributed by atoms with van der Waals surface area (Å²) in [6, 6.07) is 0. The first-order valence-electron chi connectivity index (χ1n) is 38.3. The zero-order valence-corrected chi connectivity index (χ0v) is 62.5. The van der Waals surface area contributed by atoms with E-state index in [1.165, 1.54) is 186 Å². The van der Waals surface area contributed by atoms with Gasteiger partial charge in [-0.1, -0.05) is 325 Å². The third kappa shape index (κ3) is 68.4. The van der Waals surface area contributed by atoms with Gasteiger partial charge in [-0.15, -0.1) is 0 Å². The molecule has 93 heavy (non-hydrogen) atoms. The number of unbranched alkanes of at least 4 members (excludes halogenated alkanes) is 40. The molecule has 0 saturated heterocycles. The van der Waals surface area contributed by atoms with Crippen molar-refractivity contribution in [2.45, 2.75) is 394 Å². The van der Waals surface area contributed by atoms with Crippen LogP contribution in [0.3, 0.4) is 0 Å². The number of carbonyl (C=O) groups excluding carboxylic acids is 4. The molecule has 0 aromatic heterocycles. The Bertz CT molecular complexity index is 1820. The summed E-state index contributed by atoms with van der Waals surface area (Å²) in [5.41, 5.74) is 0. The monoisotopic (exact) mass is 1370 g/mol. The van der Waals surface area contributed by atoms with Crippen molar-refractivity contribution in [3.8, 4) is 0 Å². The second-order valence-electron chi connectivity index (χ2n) is 28.1. The fourth-order valence-electron chi connectivity index (χ4n) is 11.2. The molecule has 0 amide bonds. The molecular formula is C74H144O17P2. The van der Waals surface area contributed by atoms with E-state index in [2.05, 4.69) is 48.5 Å². The van der Waals surface area contributed by atoms with Crippen LogP contribution in [0.15, 0.2) is 0 Å². The molecule has 0 bridgehead atoms. The highest BCUT2D eigenvalue weighted by atomic mass is 31.2. The van der Waals surface area contributed by atoms with Crippen LogP contribution in [-0.2, 0) is 65.4 Å². The topological polar surface area (TPSA) is 237 Å². The second-order valence-corrected chi connectivity index (χ2v) is 31.0. The van der Waals surface area contributed by atoms with Crippen LogP contribution in [-0.4, -0.2) is 96.7 Å². The van der Waals surface area contributed by atoms with E-state index in [1.54, 1.807) is 0 Å². The van der Waals surface area contributed by atoms with Crippen molar-refractivity contribution in [2.75, 3.05) is 39.6 Å². The third-order valence-corrected chi connectivity index (χ3v) is 19.0. The Morgan fingerprint density at radius 1 is 0.290 bits per heavy atom. The zero-order valence-electron chi connectivity index (χ0n) is 60.7. The normalized spacial score (nSPS) is 14.1. The van der Waals surface area contributed by atoms with Crippen molar-refractivity contribution in [2.24, 2.45) is 17.8 Å². The van der Waals surface area contributed by atoms with Gasteiger partial charge in [0.1, 0.15) is 19.3 Å². The maximum atomic E-state index is 13.1. The average Bonchev–Trinajstić information content (AvgIpc) is 2.10. The average molecular weight is 1370 g/mol. The lowest BCUT2D eigenvalue weighted by molar-refractivity contribution is -0.161. The molecule has 0 spiro atoms. The first-order valence-corrected chi connectivity index (χ1v) is 41.3. The van der Waals surface area contributed by atoms with Gasteiger partial charge in [0.05, 0.1) is 26.4 Å². The van der Waals surface area contributed by atoms with Crippen LogP contribution in [0.25, 0.3) is 0 Å². The van der Waals surface area contributed by atoms with Gasteiger partial charge in [-0.05, 0) is 43.4 Å². The molecule has 0 fully saturated rings. The van der Waals surface area contributed by atoms with E-state index in [1.807, 2.05) is 0 Å². The van der Waals surface area contributed by atoms with Crippen LogP contribution >= 0.6 is 15.6 Å². The lowest BCUT2D eigenvalue weighted by Crippen LogP contribution is -2.30. The molecule has 19 heteroatoms. The smallest absolute Gasteiger partial charge is 0.462 e. The summed E-state index contributed by atoms with van der Waals surface area (Å²) >= 11 is 0. The van der Waals surface area contributed by atoms with Crippen LogP contribution in [0.1, 0.15) is 376 Å². The molecule has 0 aliphatic heterocycles. The quantitative estimate of drug-likeness (QED) is 0.0222. The summed E-state index contributed by atoms with van der Waals surface area (Å²) in [5, 5.41) is 10.6. The van der Waals surface area contributed by atoms with Crippen LogP contribution in [0.5, 0.6) is 0 Å². The molecule has 0 aliphatic rings. The molecule has 0 aliphatic carbocycles. The highest BCUT2D eigenvalue weighted by Crippen LogP contribution is 2.45. The number of esters is 4. The standard InChI is InChI=1S/C74H144O17P2/c1-8-9-10-11-12-13-27-34-41-48-55-71(76)84-61-69(91-74(79)58-51-44-37-30-23-21-26-33-40-47-54-67(6)7)63-88-92(80,81)86-59-68(75)60-87-93(82,83)89-64-70(62-85-72(77)56-49-42-35-28-22-20-25-32-39-46-53-66(4)5)90-73(78)57-50-43-36-29-19-17-15-14-16-18-24-31-38-45-52-65(2)3/h65-70,75H,8-64H2,1-7H3,(H,80,81)(H,82,83)/t68-,69+,70+/m0/s1. The molecule has 0 heterocycles. The SMILES string of the molecule is CCCCCCCCCCCCC(=O)OC[C@H](COP(=O)(O)OC[C@H](O)COP(=O)(O)OC[C@@H](COC(=O)CCCCCCCCCCCCC(C)C)OC(=O)CCCCCCCCCCCCCCCCC(C)C)OC(=O)CCCCCCCCCCCCC(C)C. The summed E-state index contributed by atoms with van der Waals surface area (Å²) < 4.78 is 68.4. The summed E-state index contributed by atoms with van der Waals surface area (Å²) in [6.45, 7) is 11.9. The predicted octanol–water partition coefficient (Wildman–Crippen LogP) is 21.4. The molecule has 0 saturated carbocycles. The molecule has 0 aromatic rings. The van der Waals surface area contributed by atoms with Gasteiger partial charge >= 0.3 is 39.5 Å². The number of carbonyl (C=O) groups is 4. The van der Waals surface area contributed by atoms with Gasteiger partial charge in [0.2, 0.25) is 0 Å². The first kappa shape index (κ1) is 91.1. The van der Waals surface area contributed by atoms with Gasteiger partial charge < -0.3 is 33.8 Å². The van der Waals surface area contributed by atoms with Gasteiger partial charge in [-0.2, -0.15) is 0 Å². The molecule has 0 rings (SSSR count). The summed E-state index contributed by atoms with van der Waals surface area (Å²) in [7, 11) is -9.91. The molecule has 3 N–H and O–H groups in total. The summed E-state index contributed by atoms with van der Waals surface area (Å²) in [4.78, 5) is 72.7.